The molecule has 36 heavy (non-hydrogen) atoms. The summed E-state index contributed by atoms with van der Waals surface area (Å²) in [5.74, 6) is -1.83. The van der Waals surface area contributed by atoms with Crippen LogP contribution in [-0.4, -0.2) is 81.1 Å². The Hall–Kier alpha value is -2.32. The van der Waals surface area contributed by atoms with Crippen LogP contribution in [0.2, 0.25) is 0 Å². The van der Waals surface area contributed by atoms with Gasteiger partial charge < -0.3 is 19.6 Å². The highest BCUT2D eigenvalue weighted by atomic mass is 32.2. The summed E-state index contributed by atoms with van der Waals surface area (Å²) in [6, 6.07) is 8.41. The van der Waals surface area contributed by atoms with E-state index in [2.05, 4.69) is 13.5 Å². The Bertz CT molecular complexity index is 972. The lowest BCUT2D eigenvalue weighted by Gasteiger charge is -2.39. The molecule has 1 aromatic rings. The molecule has 0 radical (unpaired) electrons. The summed E-state index contributed by atoms with van der Waals surface area (Å²) >= 11 is 1.63. The van der Waals surface area contributed by atoms with Crippen molar-refractivity contribution >= 4 is 29.5 Å². The van der Waals surface area contributed by atoms with Gasteiger partial charge >= 0.3 is 5.97 Å². The van der Waals surface area contributed by atoms with Crippen LogP contribution in [0.4, 0.5) is 0 Å². The molecule has 2 amide bonds. The van der Waals surface area contributed by atoms with Crippen molar-refractivity contribution in [3.8, 4) is 0 Å². The lowest BCUT2D eigenvalue weighted by atomic mass is 9.71. The highest BCUT2D eigenvalue weighted by molar-refractivity contribution is 8.02. The number of carbonyl (C=O) groups excluding carboxylic acids is 3. The molecule has 3 fully saturated rings. The Kier molecular flexibility index (Phi) is 8.45. The number of aliphatic hydroxyl groups excluding tert-OH is 1. The minimum absolute atomic E-state index is 0.0272. The second kappa shape index (κ2) is 11.4. The Labute approximate surface area is 218 Å². The quantitative estimate of drug-likeness (QED) is 0.341. The standard InChI is InChI=1S/C28H38N2O5S/c1-4-7-16-29(15-5-2)26(33)24-28-14-13-21(36-28)22(27(34)35-6-3)23(28)25(32)30(24)20(18-31)17-19-11-9-8-10-12-19/h5,8-12,20-24,31H,2,4,6-7,13-18H2,1,3H3/t20-,21-,22+,23+,24?,28?/m1/s1. The van der Waals surface area contributed by atoms with Crippen molar-refractivity contribution in [2.75, 3.05) is 26.3 Å². The fourth-order valence-corrected chi connectivity index (χ4v) is 8.56. The molecule has 7 nitrogen and oxygen atoms in total. The molecular formula is C28H38N2O5S. The van der Waals surface area contributed by atoms with Crippen LogP contribution in [0, 0.1) is 11.8 Å². The third kappa shape index (κ3) is 4.58. The molecule has 0 aliphatic carbocycles. The van der Waals surface area contributed by atoms with Gasteiger partial charge in [-0.3, -0.25) is 14.4 Å². The minimum Gasteiger partial charge on any atom is -0.466 e. The Morgan fingerprint density at radius 1 is 1.33 bits per heavy atom. The number of unbranched alkanes of at least 4 members (excludes halogenated alkanes) is 1. The lowest BCUT2D eigenvalue weighted by Crippen LogP contribution is -2.58. The fraction of sp³-hybridized carbons (Fsp3) is 0.607. The van der Waals surface area contributed by atoms with Gasteiger partial charge in [-0.25, -0.2) is 0 Å². The molecule has 6 atom stereocenters. The van der Waals surface area contributed by atoms with Gasteiger partial charge in [-0.2, -0.15) is 0 Å². The second-order valence-electron chi connectivity index (χ2n) is 10.0. The van der Waals surface area contributed by atoms with E-state index in [9.17, 15) is 19.5 Å². The van der Waals surface area contributed by atoms with Crippen molar-refractivity contribution in [3.05, 3.63) is 48.6 Å². The molecule has 3 heterocycles. The van der Waals surface area contributed by atoms with Crippen molar-refractivity contribution in [1.29, 1.82) is 0 Å². The molecule has 1 aromatic carbocycles. The van der Waals surface area contributed by atoms with E-state index >= 15 is 0 Å². The molecule has 4 rings (SSSR count). The number of rotatable bonds is 12. The predicted octanol–water partition coefficient (Wildman–Crippen LogP) is 3.06. The third-order valence-electron chi connectivity index (χ3n) is 7.89. The van der Waals surface area contributed by atoms with Crippen molar-refractivity contribution in [2.24, 2.45) is 11.8 Å². The summed E-state index contributed by atoms with van der Waals surface area (Å²) in [4.78, 5) is 44.9. The first-order chi connectivity index (χ1) is 17.4. The number of likely N-dealkylation sites (tertiary alicyclic amines) is 1. The fourth-order valence-electron chi connectivity index (χ4n) is 6.38. The molecule has 1 spiro atoms. The normalized spacial score (nSPS) is 29.2. The van der Waals surface area contributed by atoms with E-state index in [-0.39, 0.29) is 36.2 Å². The van der Waals surface area contributed by atoms with Crippen LogP contribution < -0.4 is 0 Å². The Balaban J connectivity index is 1.76. The van der Waals surface area contributed by atoms with Crippen LogP contribution in [0.3, 0.4) is 0 Å². The molecule has 1 N–H and O–H groups in total. The monoisotopic (exact) mass is 514 g/mol. The van der Waals surface area contributed by atoms with E-state index in [4.69, 9.17) is 4.74 Å². The van der Waals surface area contributed by atoms with Gasteiger partial charge in [-0.05, 0) is 38.2 Å². The zero-order valence-electron chi connectivity index (χ0n) is 21.3. The van der Waals surface area contributed by atoms with Gasteiger partial charge in [0.25, 0.3) is 0 Å². The molecule has 3 aliphatic rings. The topological polar surface area (TPSA) is 87.2 Å². The van der Waals surface area contributed by atoms with E-state index in [1.54, 1.807) is 34.6 Å². The van der Waals surface area contributed by atoms with Gasteiger partial charge in [0.2, 0.25) is 11.8 Å². The maximum Gasteiger partial charge on any atom is 0.310 e. The maximum atomic E-state index is 14.3. The molecule has 0 aromatic heterocycles. The zero-order chi connectivity index (χ0) is 25.9. The van der Waals surface area contributed by atoms with Crippen molar-refractivity contribution in [2.45, 2.75) is 68.0 Å². The number of thioether (sulfide) groups is 1. The van der Waals surface area contributed by atoms with Crippen LogP contribution in [0.25, 0.3) is 0 Å². The van der Waals surface area contributed by atoms with Gasteiger partial charge in [-0.1, -0.05) is 49.8 Å². The number of amides is 2. The summed E-state index contributed by atoms with van der Waals surface area (Å²) in [7, 11) is 0. The number of hydrogen-bond acceptors (Lipinski definition) is 6. The number of hydrogen-bond donors (Lipinski definition) is 1. The lowest BCUT2D eigenvalue weighted by molar-refractivity contribution is -0.154. The molecule has 2 unspecified atom stereocenters. The van der Waals surface area contributed by atoms with Crippen LogP contribution in [0.1, 0.15) is 45.1 Å². The number of aliphatic hydroxyl groups is 1. The summed E-state index contributed by atoms with van der Waals surface area (Å²) in [5.41, 5.74) is 0.984. The minimum atomic E-state index is -0.734. The van der Waals surface area contributed by atoms with Crippen molar-refractivity contribution < 1.29 is 24.2 Å². The van der Waals surface area contributed by atoms with Gasteiger partial charge in [0.05, 0.1) is 35.8 Å². The number of esters is 1. The first-order valence-electron chi connectivity index (χ1n) is 13.1. The van der Waals surface area contributed by atoms with Crippen LogP contribution in [-0.2, 0) is 25.5 Å². The molecule has 196 valence electrons. The average molecular weight is 515 g/mol. The Morgan fingerprint density at radius 2 is 2.08 bits per heavy atom. The number of nitrogens with zero attached hydrogens (tertiary/aromatic N) is 2. The third-order valence-corrected chi connectivity index (χ3v) is 9.84. The second-order valence-corrected chi connectivity index (χ2v) is 11.6. The Morgan fingerprint density at radius 3 is 2.72 bits per heavy atom. The predicted molar refractivity (Wildman–Crippen MR) is 140 cm³/mol. The largest absolute Gasteiger partial charge is 0.466 e. The van der Waals surface area contributed by atoms with Crippen LogP contribution in [0.15, 0.2) is 43.0 Å². The van der Waals surface area contributed by atoms with E-state index in [1.165, 1.54) is 0 Å². The number of ether oxygens (including phenoxy) is 1. The van der Waals surface area contributed by atoms with Crippen molar-refractivity contribution in [1.82, 2.24) is 9.80 Å². The van der Waals surface area contributed by atoms with E-state index in [0.29, 0.717) is 25.9 Å². The average Bonchev–Trinajstić information content (AvgIpc) is 3.53. The first kappa shape index (κ1) is 26.7. The SMILES string of the molecule is C=CCN(CCCC)C(=O)C1N([C@@H](CO)Cc2ccccc2)C(=O)[C@@H]2[C@@H](C(=O)OCC)[C@H]3CCC12S3. The first-order valence-corrected chi connectivity index (χ1v) is 14.0. The molecule has 3 saturated heterocycles. The summed E-state index contributed by atoms with van der Waals surface area (Å²) in [6.07, 6.45) is 5.42. The smallest absolute Gasteiger partial charge is 0.310 e. The van der Waals surface area contributed by atoms with E-state index in [0.717, 1.165) is 24.8 Å². The van der Waals surface area contributed by atoms with E-state index in [1.807, 2.05) is 30.3 Å². The maximum absolute atomic E-state index is 14.3. The van der Waals surface area contributed by atoms with E-state index < -0.39 is 28.7 Å². The molecule has 8 heteroatoms. The van der Waals surface area contributed by atoms with Crippen LogP contribution in [0.5, 0.6) is 0 Å². The number of carbonyl (C=O) groups is 3. The summed E-state index contributed by atoms with van der Waals surface area (Å²) in [6.45, 7) is 8.67. The summed E-state index contributed by atoms with van der Waals surface area (Å²) < 4.78 is 4.71. The number of fused-ring (bicyclic) bond motifs is 1. The molecule has 2 bridgehead atoms. The number of benzene rings is 1. The molecule has 3 aliphatic heterocycles. The van der Waals surface area contributed by atoms with Gasteiger partial charge in [0, 0.05) is 18.3 Å². The highest BCUT2D eigenvalue weighted by Crippen LogP contribution is 2.67. The summed E-state index contributed by atoms with van der Waals surface area (Å²) in [5, 5.41) is 10.5. The van der Waals surface area contributed by atoms with Crippen LogP contribution >= 0.6 is 11.8 Å². The van der Waals surface area contributed by atoms with Gasteiger partial charge in [0.1, 0.15) is 6.04 Å². The van der Waals surface area contributed by atoms with Crippen molar-refractivity contribution in [3.63, 3.8) is 0 Å². The van der Waals surface area contributed by atoms with Gasteiger partial charge in [-0.15, -0.1) is 18.3 Å². The zero-order valence-corrected chi connectivity index (χ0v) is 22.1. The molecule has 0 saturated carbocycles. The highest BCUT2D eigenvalue weighted by Gasteiger charge is 2.74. The molecular weight excluding hydrogens is 476 g/mol. The van der Waals surface area contributed by atoms with Gasteiger partial charge in [0.15, 0.2) is 0 Å².